The van der Waals surface area contributed by atoms with Crippen molar-refractivity contribution in [2.75, 3.05) is 24.5 Å². The van der Waals surface area contributed by atoms with Gasteiger partial charge in [-0.3, -0.25) is 4.79 Å². The maximum atomic E-state index is 12.6. The average Bonchev–Trinajstić information content (AvgIpc) is 3.20. The van der Waals surface area contributed by atoms with Crippen LogP contribution in [-0.4, -0.2) is 36.5 Å². The SMILES string of the molecule is O=C(NCC1CC2(CCN(c3ccc(OC(F)(F)F)cc3)CC2)C1)c1cc2n(c1)CCCC2. The summed E-state index contributed by atoms with van der Waals surface area (Å²) in [5.74, 6) is 0.367. The van der Waals surface area contributed by atoms with Gasteiger partial charge in [0.15, 0.2) is 0 Å². The number of nitrogens with zero attached hydrogens (tertiary/aromatic N) is 2. The molecule has 33 heavy (non-hydrogen) atoms. The van der Waals surface area contributed by atoms with Gasteiger partial charge in [-0.25, -0.2) is 0 Å². The number of benzene rings is 1. The van der Waals surface area contributed by atoms with Crippen LogP contribution in [0.5, 0.6) is 5.75 Å². The fraction of sp³-hybridized carbons (Fsp3) is 0.560. The number of carbonyl (C=O) groups excluding carboxylic acids is 1. The van der Waals surface area contributed by atoms with Gasteiger partial charge in [-0.15, -0.1) is 13.2 Å². The topological polar surface area (TPSA) is 46.5 Å². The predicted molar refractivity (Wildman–Crippen MR) is 119 cm³/mol. The highest BCUT2D eigenvalue weighted by atomic mass is 19.4. The fourth-order valence-electron chi connectivity index (χ4n) is 5.84. The number of aromatic nitrogens is 1. The average molecular weight is 462 g/mol. The smallest absolute Gasteiger partial charge is 0.406 e. The van der Waals surface area contributed by atoms with Crippen molar-refractivity contribution < 1.29 is 22.7 Å². The van der Waals surface area contributed by atoms with Gasteiger partial charge in [-0.1, -0.05) is 0 Å². The first-order valence-corrected chi connectivity index (χ1v) is 11.9. The molecule has 5 nitrogen and oxygen atoms in total. The van der Waals surface area contributed by atoms with Crippen molar-refractivity contribution in [3.63, 3.8) is 0 Å². The molecule has 0 bridgehead atoms. The van der Waals surface area contributed by atoms with Gasteiger partial charge < -0.3 is 19.5 Å². The summed E-state index contributed by atoms with van der Waals surface area (Å²) in [6.45, 7) is 3.53. The number of carbonyl (C=O) groups is 1. The predicted octanol–water partition coefficient (Wildman–Crippen LogP) is 5.15. The van der Waals surface area contributed by atoms with Gasteiger partial charge in [-0.2, -0.15) is 0 Å². The van der Waals surface area contributed by atoms with Crippen molar-refractivity contribution in [3.8, 4) is 5.75 Å². The number of anilines is 1. The number of amides is 1. The van der Waals surface area contributed by atoms with Crippen LogP contribution in [0.25, 0.3) is 0 Å². The Morgan fingerprint density at radius 3 is 2.48 bits per heavy atom. The molecule has 1 aromatic heterocycles. The van der Waals surface area contributed by atoms with Gasteiger partial charge in [0.2, 0.25) is 0 Å². The zero-order chi connectivity index (χ0) is 23.1. The molecule has 5 rings (SSSR count). The van der Waals surface area contributed by atoms with Gasteiger partial charge in [0.25, 0.3) is 5.91 Å². The number of nitrogens with one attached hydrogen (secondary N) is 1. The third kappa shape index (κ3) is 4.99. The van der Waals surface area contributed by atoms with Crippen molar-refractivity contribution in [2.45, 2.75) is 57.9 Å². The Labute approximate surface area is 191 Å². The first kappa shape index (κ1) is 22.2. The zero-order valence-electron chi connectivity index (χ0n) is 18.7. The summed E-state index contributed by atoms with van der Waals surface area (Å²) in [5.41, 5.74) is 3.32. The molecule has 0 radical (unpaired) electrons. The number of ether oxygens (including phenoxy) is 1. The van der Waals surface area contributed by atoms with E-state index in [0.717, 1.165) is 69.5 Å². The van der Waals surface area contributed by atoms with Crippen molar-refractivity contribution in [1.29, 1.82) is 0 Å². The summed E-state index contributed by atoms with van der Waals surface area (Å²) < 4.78 is 43.2. The van der Waals surface area contributed by atoms with E-state index in [-0.39, 0.29) is 11.7 Å². The second kappa shape index (κ2) is 8.61. The van der Waals surface area contributed by atoms with Crippen molar-refractivity contribution in [1.82, 2.24) is 9.88 Å². The van der Waals surface area contributed by atoms with E-state index >= 15 is 0 Å². The lowest BCUT2D eigenvalue weighted by Crippen LogP contribution is -2.49. The van der Waals surface area contributed by atoms with E-state index in [1.54, 1.807) is 12.1 Å². The fourth-order valence-corrected chi connectivity index (χ4v) is 5.84. The molecular formula is C25H30F3N3O2. The van der Waals surface area contributed by atoms with Gasteiger partial charge >= 0.3 is 6.36 Å². The number of halogens is 3. The molecule has 8 heteroatoms. The highest BCUT2D eigenvalue weighted by molar-refractivity contribution is 5.94. The minimum Gasteiger partial charge on any atom is -0.406 e. The molecular weight excluding hydrogens is 431 g/mol. The second-order valence-corrected chi connectivity index (χ2v) is 9.88. The summed E-state index contributed by atoms with van der Waals surface area (Å²) in [7, 11) is 0. The Bertz CT molecular complexity index is 960. The highest BCUT2D eigenvalue weighted by Gasteiger charge is 2.45. The second-order valence-electron chi connectivity index (χ2n) is 9.88. The Morgan fingerprint density at radius 2 is 1.82 bits per heavy atom. The highest BCUT2D eigenvalue weighted by Crippen LogP contribution is 2.52. The van der Waals surface area contributed by atoms with Crippen LogP contribution in [0, 0.1) is 11.3 Å². The van der Waals surface area contributed by atoms with E-state index in [4.69, 9.17) is 0 Å². The first-order chi connectivity index (χ1) is 15.8. The van der Waals surface area contributed by atoms with Crippen LogP contribution < -0.4 is 15.0 Å². The van der Waals surface area contributed by atoms with Crippen LogP contribution in [0.4, 0.5) is 18.9 Å². The molecule has 1 aromatic carbocycles. The molecule has 2 aliphatic heterocycles. The zero-order valence-corrected chi connectivity index (χ0v) is 18.7. The number of hydrogen-bond acceptors (Lipinski definition) is 3. The minimum atomic E-state index is -4.67. The molecule has 0 unspecified atom stereocenters. The van der Waals surface area contributed by atoms with Gasteiger partial charge in [-0.05, 0) is 86.6 Å². The maximum Gasteiger partial charge on any atom is 0.573 e. The molecule has 1 aliphatic carbocycles. The van der Waals surface area contributed by atoms with Crippen LogP contribution in [0.2, 0.25) is 0 Å². The Morgan fingerprint density at radius 1 is 1.09 bits per heavy atom. The quantitative estimate of drug-likeness (QED) is 0.670. The number of piperidine rings is 1. The van der Waals surface area contributed by atoms with Crippen LogP contribution in [0.3, 0.4) is 0 Å². The number of hydrogen-bond donors (Lipinski definition) is 1. The van der Waals surface area contributed by atoms with Crippen molar-refractivity contribution in [2.24, 2.45) is 11.3 Å². The molecule has 1 amide bonds. The molecule has 2 aromatic rings. The lowest BCUT2D eigenvalue weighted by molar-refractivity contribution is -0.274. The molecule has 0 atom stereocenters. The number of fused-ring (bicyclic) bond motifs is 1. The van der Waals surface area contributed by atoms with Crippen LogP contribution in [0.15, 0.2) is 36.5 Å². The number of rotatable bonds is 5. The molecule has 3 aliphatic rings. The Kier molecular flexibility index (Phi) is 5.79. The number of aryl methyl sites for hydroxylation is 2. The molecule has 1 N–H and O–H groups in total. The van der Waals surface area contributed by atoms with E-state index in [0.29, 0.717) is 11.3 Å². The number of alkyl halides is 3. The summed E-state index contributed by atoms with van der Waals surface area (Å²) in [5, 5.41) is 3.13. The van der Waals surface area contributed by atoms with E-state index in [1.165, 1.54) is 30.7 Å². The Balaban J connectivity index is 1.06. The van der Waals surface area contributed by atoms with Crippen molar-refractivity contribution in [3.05, 3.63) is 47.8 Å². The Hall–Kier alpha value is -2.64. The normalized spacial score (nSPS) is 20.3. The molecule has 1 spiro atoms. The largest absolute Gasteiger partial charge is 0.573 e. The summed E-state index contributed by atoms with van der Waals surface area (Å²) in [6, 6.07) is 8.16. The van der Waals surface area contributed by atoms with Gasteiger partial charge in [0.05, 0.1) is 5.56 Å². The van der Waals surface area contributed by atoms with Crippen molar-refractivity contribution >= 4 is 11.6 Å². The molecule has 2 fully saturated rings. The third-order valence-corrected chi connectivity index (χ3v) is 7.58. The summed E-state index contributed by atoms with van der Waals surface area (Å²) in [4.78, 5) is 14.8. The summed E-state index contributed by atoms with van der Waals surface area (Å²) >= 11 is 0. The molecule has 1 saturated carbocycles. The first-order valence-electron chi connectivity index (χ1n) is 11.9. The third-order valence-electron chi connectivity index (χ3n) is 7.58. The van der Waals surface area contributed by atoms with E-state index < -0.39 is 6.36 Å². The van der Waals surface area contributed by atoms with Gasteiger partial charge in [0.1, 0.15) is 5.75 Å². The van der Waals surface area contributed by atoms with Gasteiger partial charge in [0, 0.05) is 43.8 Å². The molecule has 1 saturated heterocycles. The lowest BCUT2D eigenvalue weighted by Gasteiger charge is -2.52. The van der Waals surface area contributed by atoms with Crippen LogP contribution in [-0.2, 0) is 13.0 Å². The van der Waals surface area contributed by atoms with E-state index in [2.05, 4.69) is 19.5 Å². The molecule has 178 valence electrons. The summed E-state index contributed by atoms with van der Waals surface area (Å²) in [6.07, 6.45) is 5.17. The minimum absolute atomic E-state index is 0.0330. The van der Waals surface area contributed by atoms with Crippen LogP contribution in [0.1, 0.15) is 54.6 Å². The van der Waals surface area contributed by atoms with E-state index in [9.17, 15) is 18.0 Å². The molecule has 3 heterocycles. The maximum absolute atomic E-state index is 12.6. The standard InChI is InChI=1S/C25H30F3N3O2/c26-25(27,28)33-22-6-4-20(5-7-22)30-11-8-24(9-12-30)14-18(15-24)16-29-23(32)19-13-21-3-1-2-10-31(21)17-19/h4-7,13,17-18H,1-3,8-12,14-16H2,(H,29,32). The lowest BCUT2D eigenvalue weighted by atomic mass is 9.57. The van der Waals surface area contributed by atoms with Crippen LogP contribution >= 0.6 is 0 Å². The van der Waals surface area contributed by atoms with E-state index in [1.807, 2.05) is 12.3 Å². The monoisotopic (exact) mass is 461 g/mol.